The van der Waals surface area contributed by atoms with Crippen LogP contribution in [0.2, 0.25) is 0 Å². The van der Waals surface area contributed by atoms with Gasteiger partial charge in [0.1, 0.15) is 11.9 Å². The van der Waals surface area contributed by atoms with Crippen LogP contribution in [0.5, 0.6) is 0 Å². The van der Waals surface area contributed by atoms with Crippen molar-refractivity contribution in [1.82, 2.24) is 15.0 Å². The smallest absolute Gasteiger partial charge is 0.223 e. The standard InChI is InChI=1S/C10H18N4O/c1-4-6-7(15-3)9-12-8(5-2)13-10(11)14-9/h7H,4-6H2,1-3H3,(H2,11,12,13,14). The van der Waals surface area contributed by atoms with Crippen molar-refractivity contribution in [2.75, 3.05) is 12.8 Å². The number of nitrogens with two attached hydrogens (primary N) is 1. The fourth-order valence-corrected chi connectivity index (χ4v) is 1.37. The molecule has 1 aromatic heterocycles. The highest BCUT2D eigenvalue weighted by atomic mass is 16.5. The highest BCUT2D eigenvalue weighted by Crippen LogP contribution is 2.18. The van der Waals surface area contributed by atoms with E-state index in [1.165, 1.54) is 0 Å². The van der Waals surface area contributed by atoms with Crippen molar-refractivity contribution in [1.29, 1.82) is 0 Å². The summed E-state index contributed by atoms with van der Waals surface area (Å²) in [5.74, 6) is 1.63. The Balaban J connectivity index is 2.95. The van der Waals surface area contributed by atoms with Crippen molar-refractivity contribution < 1.29 is 4.74 Å². The van der Waals surface area contributed by atoms with Crippen LogP contribution in [0.25, 0.3) is 0 Å². The maximum absolute atomic E-state index is 5.61. The zero-order valence-electron chi connectivity index (χ0n) is 9.53. The van der Waals surface area contributed by atoms with Crippen LogP contribution in [0.3, 0.4) is 0 Å². The average molecular weight is 210 g/mol. The van der Waals surface area contributed by atoms with Crippen molar-refractivity contribution in [3.63, 3.8) is 0 Å². The average Bonchev–Trinajstić information content (AvgIpc) is 2.24. The topological polar surface area (TPSA) is 73.9 Å². The number of aromatic nitrogens is 3. The molecule has 2 N–H and O–H groups in total. The van der Waals surface area contributed by atoms with Gasteiger partial charge in [0.05, 0.1) is 0 Å². The molecule has 0 saturated carbocycles. The SMILES string of the molecule is CCCC(OC)c1nc(N)nc(CC)n1. The van der Waals surface area contributed by atoms with Crippen molar-refractivity contribution in [3.8, 4) is 0 Å². The Morgan fingerprint density at radius 1 is 1.27 bits per heavy atom. The molecule has 1 heterocycles. The molecule has 0 spiro atoms. The third-order valence-electron chi connectivity index (χ3n) is 2.16. The van der Waals surface area contributed by atoms with Gasteiger partial charge in [0.25, 0.3) is 0 Å². The van der Waals surface area contributed by atoms with Crippen molar-refractivity contribution >= 4 is 5.95 Å². The predicted octanol–water partition coefficient (Wildman–Crippen LogP) is 1.50. The van der Waals surface area contributed by atoms with E-state index in [1.54, 1.807) is 7.11 Å². The number of anilines is 1. The van der Waals surface area contributed by atoms with Crippen molar-refractivity contribution in [2.45, 2.75) is 39.2 Å². The van der Waals surface area contributed by atoms with Crippen molar-refractivity contribution in [2.24, 2.45) is 0 Å². The van der Waals surface area contributed by atoms with E-state index >= 15 is 0 Å². The van der Waals surface area contributed by atoms with E-state index in [0.29, 0.717) is 5.82 Å². The highest BCUT2D eigenvalue weighted by Gasteiger charge is 2.14. The Morgan fingerprint density at radius 3 is 2.53 bits per heavy atom. The molecule has 5 nitrogen and oxygen atoms in total. The summed E-state index contributed by atoms with van der Waals surface area (Å²) in [6.45, 7) is 4.08. The van der Waals surface area contributed by atoms with E-state index in [9.17, 15) is 0 Å². The highest BCUT2D eigenvalue weighted by molar-refractivity contribution is 5.16. The summed E-state index contributed by atoms with van der Waals surface area (Å²) in [4.78, 5) is 12.4. The lowest BCUT2D eigenvalue weighted by Crippen LogP contribution is -2.12. The number of nitrogens with zero attached hydrogens (tertiary/aromatic N) is 3. The minimum atomic E-state index is -0.0781. The van der Waals surface area contributed by atoms with Crippen LogP contribution in [0.4, 0.5) is 5.95 Å². The maximum atomic E-state index is 5.61. The first-order valence-electron chi connectivity index (χ1n) is 5.24. The second-order valence-electron chi connectivity index (χ2n) is 3.33. The van der Waals surface area contributed by atoms with Gasteiger partial charge in [-0.3, -0.25) is 0 Å². The number of hydrogen-bond donors (Lipinski definition) is 1. The Hall–Kier alpha value is -1.23. The van der Waals surface area contributed by atoms with Gasteiger partial charge in [-0.05, 0) is 6.42 Å². The molecule has 84 valence electrons. The summed E-state index contributed by atoms with van der Waals surface area (Å²) in [6.07, 6.45) is 2.59. The summed E-state index contributed by atoms with van der Waals surface area (Å²) >= 11 is 0. The van der Waals surface area contributed by atoms with E-state index in [4.69, 9.17) is 10.5 Å². The molecule has 0 aromatic carbocycles. The molecule has 0 aliphatic rings. The van der Waals surface area contributed by atoms with Gasteiger partial charge in [-0.25, -0.2) is 4.98 Å². The fraction of sp³-hybridized carbons (Fsp3) is 0.700. The molecule has 0 bridgehead atoms. The zero-order chi connectivity index (χ0) is 11.3. The minimum Gasteiger partial charge on any atom is -0.373 e. The van der Waals surface area contributed by atoms with Crippen LogP contribution in [0.15, 0.2) is 0 Å². The molecule has 5 heteroatoms. The Morgan fingerprint density at radius 2 is 2.00 bits per heavy atom. The van der Waals surface area contributed by atoms with Gasteiger partial charge < -0.3 is 10.5 Å². The first-order valence-corrected chi connectivity index (χ1v) is 5.24. The van der Waals surface area contributed by atoms with Crippen LogP contribution < -0.4 is 5.73 Å². The second kappa shape index (κ2) is 5.60. The van der Waals surface area contributed by atoms with E-state index < -0.39 is 0 Å². The van der Waals surface area contributed by atoms with Gasteiger partial charge in [-0.1, -0.05) is 20.3 Å². The number of rotatable bonds is 5. The normalized spacial score (nSPS) is 12.7. The maximum Gasteiger partial charge on any atom is 0.223 e. The first kappa shape index (κ1) is 11.8. The zero-order valence-corrected chi connectivity index (χ0v) is 9.53. The molecular weight excluding hydrogens is 192 g/mol. The summed E-state index contributed by atoms with van der Waals surface area (Å²) in [6, 6.07) is 0. The van der Waals surface area contributed by atoms with E-state index in [0.717, 1.165) is 25.1 Å². The molecule has 1 rings (SSSR count). The van der Waals surface area contributed by atoms with Crippen LogP contribution in [-0.2, 0) is 11.2 Å². The molecule has 0 fully saturated rings. The Kier molecular flexibility index (Phi) is 4.42. The molecule has 15 heavy (non-hydrogen) atoms. The first-order chi connectivity index (χ1) is 7.21. The Labute approximate surface area is 90.1 Å². The fourth-order valence-electron chi connectivity index (χ4n) is 1.37. The van der Waals surface area contributed by atoms with Crippen molar-refractivity contribution in [3.05, 3.63) is 11.6 Å². The molecule has 0 radical (unpaired) electrons. The molecule has 1 atom stereocenters. The minimum absolute atomic E-state index is 0.0781. The van der Waals surface area contributed by atoms with Gasteiger partial charge in [0.2, 0.25) is 5.95 Å². The molecule has 1 aromatic rings. The van der Waals surface area contributed by atoms with Gasteiger partial charge in [0, 0.05) is 13.5 Å². The second-order valence-corrected chi connectivity index (χ2v) is 3.33. The predicted molar refractivity (Wildman–Crippen MR) is 58.3 cm³/mol. The lowest BCUT2D eigenvalue weighted by molar-refractivity contribution is 0.0873. The summed E-state index contributed by atoms with van der Waals surface area (Å²) in [5.41, 5.74) is 5.61. The quantitative estimate of drug-likeness (QED) is 0.797. The lowest BCUT2D eigenvalue weighted by atomic mass is 10.2. The van der Waals surface area contributed by atoms with Gasteiger partial charge in [-0.15, -0.1) is 0 Å². The van der Waals surface area contributed by atoms with E-state index in [1.807, 2.05) is 6.92 Å². The molecule has 0 saturated heterocycles. The largest absolute Gasteiger partial charge is 0.373 e. The third kappa shape index (κ3) is 3.13. The molecule has 0 amide bonds. The van der Waals surface area contributed by atoms with Crippen LogP contribution in [0, 0.1) is 0 Å². The summed E-state index contributed by atoms with van der Waals surface area (Å²) < 4.78 is 5.32. The molecule has 1 unspecified atom stereocenters. The lowest BCUT2D eigenvalue weighted by Gasteiger charge is -2.13. The van der Waals surface area contributed by atoms with Gasteiger partial charge in [-0.2, -0.15) is 9.97 Å². The molecule has 0 aliphatic heterocycles. The number of aryl methyl sites for hydroxylation is 1. The number of nitrogen functional groups attached to an aromatic ring is 1. The summed E-state index contributed by atoms with van der Waals surface area (Å²) in [5, 5.41) is 0. The molecular formula is C10H18N4O. The molecule has 0 aliphatic carbocycles. The van der Waals surface area contributed by atoms with E-state index in [2.05, 4.69) is 21.9 Å². The monoisotopic (exact) mass is 210 g/mol. The van der Waals surface area contributed by atoms with Gasteiger partial charge >= 0.3 is 0 Å². The van der Waals surface area contributed by atoms with Gasteiger partial charge in [0.15, 0.2) is 5.82 Å². The Bertz CT molecular complexity index is 316. The van der Waals surface area contributed by atoms with E-state index in [-0.39, 0.29) is 12.1 Å². The third-order valence-corrected chi connectivity index (χ3v) is 2.16. The van der Waals surface area contributed by atoms with Crippen LogP contribution in [-0.4, -0.2) is 22.1 Å². The number of hydrogen-bond acceptors (Lipinski definition) is 5. The number of ether oxygens (including phenoxy) is 1. The number of methoxy groups -OCH3 is 1. The van der Waals surface area contributed by atoms with Crippen LogP contribution >= 0.6 is 0 Å². The van der Waals surface area contributed by atoms with Crippen LogP contribution in [0.1, 0.15) is 44.4 Å². The summed E-state index contributed by atoms with van der Waals surface area (Å²) in [7, 11) is 1.66.